The highest BCUT2D eigenvalue weighted by Gasteiger charge is 2.31. The van der Waals surface area contributed by atoms with E-state index in [1.807, 2.05) is 0 Å². The molecule has 1 aromatic rings. The van der Waals surface area contributed by atoms with Gasteiger partial charge < -0.3 is 10.6 Å². The van der Waals surface area contributed by atoms with Gasteiger partial charge in [0.1, 0.15) is 22.4 Å². The number of rotatable bonds is 4. The van der Waals surface area contributed by atoms with E-state index in [0.717, 1.165) is 16.8 Å². The highest BCUT2D eigenvalue weighted by Crippen LogP contribution is 2.36. The molecular weight excluding hydrogens is 268 g/mol. The highest BCUT2D eigenvalue weighted by molar-refractivity contribution is 9.10. The summed E-state index contributed by atoms with van der Waals surface area (Å²) in [6.45, 7) is 5.45. The van der Waals surface area contributed by atoms with Gasteiger partial charge in [0.25, 0.3) is 0 Å². The molecule has 0 unspecified atom stereocenters. The van der Waals surface area contributed by atoms with Crippen molar-refractivity contribution in [3.8, 4) is 0 Å². The predicted octanol–water partition coefficient (Wildman–Crippen LogP) is 2.45. The van der Waals surface area contributed by atoms with Gasteiger partial charge in [-0.2, -0.15) is 0 Å². The van der Waals surface area contributed by atoms with Crippen LogP contribution in [0.4, 0.5) is 11.6 Å². The standard InChI is InChI=1S/C11H17BrN4/c1-7(2)5-16(8-3-4-8)11-9(12)10(13)14-6-15-11/h6-8H,3-5H2,1-2H3,(H2,13,14,15). The molecule has 4 nitrogen and oxygen atoms in total. The van der Waals surface area contributed by atoms with Gasteiger partial charge in [-0.15, -0.1) is 0 Å². The SMILES string of the molecule is CC(C)CN(c1ncnc(N)c1Br)C1CC1. The third kappa shape index (κ3) is 2.45. The van der Waals surface area contributed by atoms with E-state index in [0.29, 0.717) is 17.8 Å². The van der Waals surface area contributed by atoms with E-state index in [1.165, 1.54) is 19.2 Å². The minimum Gasteiger partial charge on any atom is -0.383 e. The lowest BCUT2D eigenvalue weighted by Gasteiger charge is -2.26. The molecule has 1 saturated carbocycles. The van der Waals surface area contributed by atoms with Crippen molar-refractivity contribution in [2.75, 3.05) is 17.2 Å². The second-order valence-electron chi connectivity index (χ2n) is 4.67. The van der Waals surface area contributed by atoms with Gasteiger partial charge in [0, 0.05) is 12.6 Å². The van der Waals surface area contributed by atoms with Crippen molar-refractivity contribution in [3.63, 3.8) is 0 Å². The molecule has 1 aliphatic rings. The van der Waals surface area contributed by atoms with Crippen molar-refractivity contribution < 1.29 is 0 Å². The zero-order valence-corrected chi connectivity index (χ0v) is 11.2. The molecule has 1 fully saturated rings. The van der Waals surface area contributed by atoms with Crippen molar-refractivity contribution >= 4 is 27.6 Å². The first-order chi connectivity index (χ1) is 7.59. The molecule has 1 aliphatic carbocycles. The van der Waals surface area contributed by atoms with Gasteiger partial charge in [0.05, 0.1) is 0 Å². The van der Waals surface area contributed by atoms with Crippen molar-refractivity contribution in [2.24, 2.45) is 5.92 Å². The van der Waals surface area contributed by atoms with Gasteiger partial charge >= 0.3 is 0 Å². The Labute approximate surface area is 104 Å². The molecule has 0 aliphatic heterocycles. The van der Waals surface area contributed by atoms with E-state index in [1.54, 1.807) is 0 Å². The summed E-state index contributed by atoms with van der Waals surface area (Å²) in [5, 5.41) is 0. The number of aromatic nitrogens is 2. The molecule has 88 valence electrons. The molecule has 0 amide bonds. The number of hydrogen-bond acceptors (Lipinski definition) is 4. The van der Waals surface area contributed by atoms with E-state index in [9.17, 15) is 0 Å². The smallest absolute Gasteiger partial charge is 0.148 e. The van der Waals surface area contributed by atoms with Crippen molar-refractivity contribution in [3.05, 3.63) is 10.8 Å². The van der Waals surface area contributed by atoms with Gasteiger partial charge in [-0.05, 0) is 34.7 Å². The molecular formula is C11H17BrN4. The van der Waals surface area contributed by atoms with Crippen LogP contribution in [0, 0.1) is 5.92 Å². The molecule has 16 heavy (non-hydrogen) atoms. The second kappa shape index (κ2) is 4.57. The second-order valence-corrected chi connectivity index (χ2v) is 5.47. The molecule has 1 heterocycles. The molecule has 5 heteroatoms. The minimum atomic E-state index is 0.513. The van der Waals surface area contributed by atoms with E-state index >= 15 is 0 Å². The Morgan fingerprint density at radius 3 is 2.75 bits per heavy atom. The van der Waals surface area contributed by atoms with Gasteiger partial charge in [0.15, 0.2) is 0 Å². The minimum absolute atomic E-state index is 0.513. The summed E-state index contributed by atoms with van der Waals surface area (Å²) in [5.41, 5.74) is 5.79. The average Bonchev–Trinajstić information content (AvgIpc) is 3.02. The molecule has 0 spiro atoms. The lowest BCUT2D eigenvalue weighted by atomic mass is 10.2. The van der Waals surface area contributed by atoms with Crippen LogP contribution in [-0.2, 0) is 0 Å². The molecule has 0 radical (unpaired) electrons. The van der Waals surface area contributed by atoms with E-state index < -0.39 is 0 Å². The molecule has 2 N–H and O–H groups in total. The monoisotopic (exact) mass is 284 g/mol. The maximum Gasteiger partial charge on any atom is 0.148 e. The Hall–Kier alpha value is -0.840. The van der Waals surface area contributed by atoms with Crippen LogP contribution in [0.1, 0.15) is 26.7 Å². The molecule has 0 bridgehead atoms. The Morgan fingerprint density at radius 1 is 1.50 bits per heavy atom. The predicted molar refractivity (Wildman–Crippen MR) is 69.4 cm³/mol. The Morgan fingerprint density at radius 2 is 2.19 bits per heavy atom. The fourth-order valence-corrected chi connectivity index (χ4v) is 2.19. The van der Waals surface area contributed by atoms with Crippen LogP contribution in [0.2, 0.25) is 0 Å². The molecule has 0 atom stereocenters. The lowest BCUT2D eigenvalue weighted by Crippen LogP contribution is -2.31. The molecule has 2 rings (SSSR count). The topological polar surface area (TPSA) is 55.0 Å². The van der Waals surface area contributed by atoms with Crippen LogP contribution in [-0.4, -0.2) is 22.6 Å². The number of hydrogen-bond donors (Lipinski definition) is 1. The van der Waals surface area contributed by atoms with Gasteiger partial charge in [-0.3, -0.25) is 0 Å². The third-order valence-corrected chi connectivity index (χ3v) is 3.38. The summed E-state index contributed by atoms with van der Waals surface area (Å²) in [7, 11) is 0. The normalized spacial score (nSPS) is 15.5. The first kappa shape index (κ1) is 11.6. The fourth-order valence-electron chi connectivity index (χ4n) is 1.76. The number of nitrogens with two attached hydrogens (primary N) is 1. The fraction of sp³-hybridized carbons (Fsp3) is 0.636. The van der Waals surface area contributed by atoms with Crippen molar-refractivity contribution in [1.29, 1.82) is 0 Å². The number of anilines is 2. The van der Waals surface area contributed by atoms with Crippen LogP contribution in [0.15, 0.2) is 10.8 Å². The van der Waals surface area contributed by atoms with Crippen molar-refractivity contribution in [1.82, 2.24) is 9.97 Å². The van der Waals surface area contributed by atoms with Crippen molar-refractivity contribution in [2.45, 2.75) is 32.7 Å². The van der Waals surface area contributed by atoms with Crippen LogP contribution >= 0.6 is 15.9 Å². The Balaban J connectivity index is 2.27. The third-order valence-electron chi connectivity index (χ3n) is 2.62. The largest absolute Gasteiger partial charge is 0.383 e. The average molecular weight is 285 g/mol. The van der Waals surface area contributed by atoms with Crippen LogP contribution in [0.5, 0.6) is 0 Å². The number of nitrogen functional groups attached to an aromatic ring is 1. The summed E-state index contributed by atoms with van der Waals surface area (Å²) in [6.07, 6.45) is 4.04. The van der Waals surface area contributed by atoms with E-state index in [-0.39, 0.29) is 0 Å². The van der Waals surface area contributed by atoms with Gasteiger partial charge in [0.2, 0.25) is 0 Å². The summed E-state index contributed by atoms with van der Waals surface area (Å²) in [6, 6.07) is 0.632. The van der Waals surface area contributed by atoms with Crippen LogP contribution in [0.25, 0.3) is 0 Å². The molecule has 0 aromatic carbocycles. The Bertz CT molecular complexity index is 376. The number of nitrogens with zero attached hydrogens (tertiary/aromatic N) is 3. The lowest BCUT2D eigenvalue weighted by molar-refractivity contribution is 0.601. The summed E-state index contributed by atoms with van der Waals surface area (Å²) in [4.78, 5) is 10.7. The summed E-state index contributed by atoms with van der Waals surface area (Å²) >= 11 is 3.48. The first-order valence-corrected chi connectivity index (χ1v) is 6.41. The zero-order valence-electron chi connectivity index (χ0n) is 9.65. The summed E-state index contributed by atoms with van der Waals surface area (Å²) < 4.78 is 0.822. The summed E-state index contributed by atoms with van der Waals surface area (Å²) in [5.74, 6) is 2.06. The maximum absolute atomic E-state index is 5.79. The maximum atomic E-state index is 5.79. The van der Waals surface area contributed by atoms with Crippen LogP contribution in [0.3, 0.4) is 0 Å². The molecule has 1 aromatic heterocycles. The highest BCUT2D eigenvalue weighted by atomic mass is 79.9. The zero-order chi connectivity index (χ0) is 11.7. The first-order valence-electron chi connectivity index (χ1n) is 5.62. The van der Waals surface area contributed by atoms with Crippen LogP contribution < -0.4 is 10.6 Å². The Kier molecular flexibility index (Phi) is 3.33. The van der Waals surface area contributed by atoms with E-state index in [4.69, 9.17) is 5.73 Å². The molecule has 0 saturated heterocycles. The van der Waals surface area contributed by atoms with Gasteiger partial charge in [-0.25, -0.2) is 9.97 Å². The van der Waals surface area contributed by atoms with Gasteiger partial charge in [-0.1, -0.05) is 13.8 Å². The quantitative estimate of drug-likeness (QED) is 0.923. The van der Waals surface area contributed by atoms with E-state index in [2.05, 4.69) is 44.6 Å². The number of halogens is 1.